The summed E-state index contributed by atoms with van der Waals surface area (Å²) in [7, 11) is 0. The van der Waals surface area contributed by atoms with Crippen LogP contribution in [0.1, 0.15) is 25.5 Å². The third-order valence-corrected chi connectivity index (χ3v) is 4.05. The highest BCUT2D eigenvalue weighted by Gasteiger charge is 2.28. The Morgan fingerprint density at radius 1 is 1.36 bits per heavy atom. The number of ether oxygens (including phenoxy) is 1. The molecule has 0 aliphatic carbocycles. The first-order valence-electron chi connectivity index (χ1n) is 7.63. The van der Waals surface area contributed by atoms with Gasteiger partial charge < -0.3 is 14.5 Å². The van der Waals surface area contributed by atoms with E-state index >= 15 is 0 Å². The van der Waals surface area contributed by atoms with Crippen LogP contribution in [0.3, 0.4) is 0 Å². The molecule has 116 valence electrons. The van der Waals surface area contributed by atoms with Gasteiger partial charge in [0.15, 0.2) is 12.2 Å². The Labute approximate surface area is 129 Å². The number of benzene rings is 1. The average molecular weight is 300 g/mol. The molecule has 0 saturated carbocycles. The minimum absolute atomic E-state index is 0.0224. The van der Waals surface area contributed by atoms with E-state index in [1.54, 1.807) is 0 Å². The van der Waals surface area contributed by atoms with Crippen LogP contribution >= 0.6 is 0 Å². The molecule has 22 heavy (non-hydrogen) atoms. The van der Waals surface area contributed by atoms with Crippen molar-refractivity contribution in [3.8, 4) is 11.3 Å². The third kappa shape index (κ3) is 3.20. The molecule has 1 aromatic carbocycles. The maximum Gasteiger partial charge on any atom is 0.226 e. The van der Waals surface area contributed by atoms with Crippen LogP contribution < -0.4 is 5.32 Å². The van der Waals surface area contributed by atoms with E-state index in [4.69, 9.17) is 9.15 Å². The molecule has 1 aromatic heterocycles. The highest BCUT2D eigenvalue weighted by molar-refractivity contribution is 5.79. The zero-order chi connectivity index (χ0) is 15.4. The Balaban J connectivity index is 1.65. The molecule has 3 rings (SSSR count). The van der Waals surface area contributed by atoms with Gasteiger partial charge in [-0.25, -0.2) is 4.98 Å². The summed E-state index contributed by atoms with van der Waals surface area (Å²) in [5, 5.41) is 2.95. The Morgan fingerprint density at radius 3 is 2.95 bits per heavy atom. The van der Waals surface area contributed by atoms with Gasteiger partial charge >= 0.3 is 0 Å². The largest absolute Gasteiger partial charge is 0.443 e. The van der Waals surface area contributed by atoms with Crippen molar-refractivity contribution in [2.45, 2.75) is 32.4 Å². The van der Waals surface area contributed by atoms with E-state index in [0.29, 0.717) is 12.3 Å². The van der Waals surface area contributed by atoms with E-state index in [1.807, 2.05) is 37.3 Å². The number of rotatable bonds is 4. The van der Waals surface area contributed by atoms with E-state index < -0.39 is 0 Å². The van der Waals surface area contributed by atoms with E-state index in [-0.39, 0.29) is 17.9 Å². The normalized spacial score (nSPS) is 21.5. The van der Waals surface area contributed by atoms with Crippen molar-refractivity contribution in [3.63, 3.8) is 0 Å². The van der Waals surface area contributed by atoms with Gasteiger partial charge in [0.2, 0.25) is 5.91 Å². The molecular weight excluding hydrogens is 280 g/mol. The second-order valence-corrected chi connectivity index (χ2v) is 5.54. The standard InChI is InChI=1S/C17H20N2O3/c1-12-14(8-5-9-21-12)17(20)18-10-15-16(22-11-19-15)13-6-3-2-4-7-13/h2-4,6-7,11-12,14H,5,8-10H2,1H3,(H,18,20). The quantitative estimate of drug-likeness (QED) is 0.943. The van der Waals surface area contributed by atoms with Gasteiger partial charge in [0, 0.05) is 12.2 Å². The number of amides is 1. The fourth-order valence-corrected chi connectivity index (χ4v) is 2.79. The number of oxazole rings is 1. The van der Waals surface area contributed by atoms with Crippen molar-refractivity contribution in [2.24, 2.45) is 5.92 Å². The van der Waals surface area contributed by atoms with E-state index in [9.17, 15) is 4.79 Å². The van der Waals surface area contributed by atoms with Crippen molar-refractivity contribution in [2.75, 3.05) is 6.61 Å². The van der Waals surface area contributed by atoms with Crippen molar-refractivity contribution in [1.29, 1.82) is 0 Å². The second-order valence-electron chi connectivity index (χ2n) is 5.54. The van der Waals surface area contributed by atoms with E-state index in [2.05, 4.69) is 10.3 Å². The minimum atomic E-state index is -0.0826. The summed E-state index contributed by atoms with van der Waals surface area (Å²) in [6.07, 6.45) is 3.19. The molecule has 1 aliphatic heterocycles. The van der Waals surface area contributed by atoms with Gasteiger partial charge in [-0.2, -0.15) is 0 Å². The summed E-state index contributed by atoms with van der Waals surface area (Å²) in [5.41, 5.74) is 1.70. The smallest absolute Gasteiger partial charge is 0.226 e. The topological polar surface area (TPSA) is 64.4 Å². The van der Waals surface area contributed by atoms with Crippen LogP contribution in [0.4, 0.5) is 0 Å². The summed E-state index contributed by atoms with van der Waals surface area (Å²) in [6.45, 7) is 3.06. The van der Waals surface area contributed by atoms with Gasteiger partial charge in [0.1, 0.15) is 5.69 Å². The summed E-state index contributed by atoms with van der Waals surface area (Å²) in [5.74, 6) is 0.642. The van der Waals surface area contributed by atoms with Crippen LogP contribution in [0.15, 0.2) is 41.1 Å². The molecule has 5 heteroatoms. The lowest BCUT2D eigenvalue weighted by Gasteiger charge is -2.27. The maximum atomic E-state index is 12.3. The molecule has 1 saturated heterocycles. The Hall–Kier alpha value is -2.14. The fourth-order valence-electron chi connectivity index (χ4n) is 2.79. The SMILES string of the molecule is CC1OCCCC1C(=O)NCc1ncoc1-c1ccccc1. The molecule has 2 heterocycles. The zero-order valence-corrected chi connectivity index (χ0v) is 12.6. The molecule has 0 spiro atoms. The van der Waals surface area contributed by atoms with Gasteiger partial charge in [-0.3, -0.25) is 4.79 Å². The number of carbonyl (C=O) groups is 1. The van der Waals surface area contributed by atoms with Crippen LogP contribution in [0.2, 0.25) is 0 Å². The molecule has 2 aromatic rings. The molecule has 1 N–H and O–H groups in total. The lowest BCUT2D eigenvalue weighted by molar-refractivity contribution is -0.133. The lowest BCUT2D eigenvalue weighted by atomic mass is 9.94. The predicted molar refractivity (Wildman–Crippen MR) is 81.9 cm³/mol. The van der Waals surface area contributed by atoms with Crippen molar-refractivity contribution >= 4 is 5.91 Å². The van der Waals surface area contributed by atoms with Crippen molar-refractivity contribution in [3.05, 3.63) is 42.4 Å². The van der Waals surface area contributed by atoms with Crippen LogP contribution in [0, 0.1) is 5.92 Å². The highest BCUT2D eigenvalue weighted by atomic mass is 16.5. The van der Waals surface area contributed by atoms with Crippen LogP contribution in [-0.2, 0) is 16.1 Å². The third-order valence-electron chi connectivity index (χ3n) is 4.05. The Bertz CT molecular complexity index is 624. The number of hydrogen-bond acceptors (Lipinski definition) is 4. The average Bonchev–Trinajstić information content (AvgIpc) is 3.02. The van der Waals surface area contributed by atoms with Crippen LogP contribution in [-0.4, -0.2) is 23.6 Å². The Morgan fingerprint density at radius 2 is 2.18 bits per heavy atom. The van der Waals surface area contributed by atoms with Gasteiger partial charge in [-0.1, -0.05) is 30.3 Å². The number of carbonyl (C=O) groups excluding carboxylic acids is 1. The molecule has 5 nitrogen and oxygen atoms in total. The summed E-state index contributed by atoms with van der Waals surface area (Å²) in [4.78, 5) is 16.5. The van der Waals surface area contributed by atoms with Crippen LogP contribution in [0.25, 0.3) is 11.3 Å². The summed E-state index contributed by atoms with van der Waals surface area (Å²) < 4.78 is 11.0. The second kappa shape index (κ2) is 6.75. The molecule has 1 amide bonds. The number of nitrogens with zero attached hydrogens (tertiary/aromatic N) is 1. The van der Waals surface area contributed by atoms with E-state index in [1.165, 1.54) is 6.39 Å². The molecule has 1 aliphatic rings. The summed E-state index contributed by atoms with van der Waals surface area (Å²) in [6, 6.07) is 9.76. The monoisotopic (exact) mass is 300 g/mol. The van der Waals surface area contributed by atoms with Gasteiger partial charge in [-0.15, -0.1) is 0 Å². The van der Waals surface area contributed by atoms with Gasteiger partial charge in [-0.05, 0) is 19.8 Å². The summed E-state index contributed by atoms with van der Waals surface area (Å²) >= 11 is 0. The maximum absolute atomic E-state index is 12.3. The first-order valence-corrected chi connectivity index (χ1v) is 7.63. The lowest BCUT2D eigenvalue weighted by Crippen LogP contribution is -2.40. The Kier molecular flexibility index (Phi) is 4.53. The molecule has 1 fully saturated rings. The highest BCUT2D eigenvalue weighted by Crippen LogP contribution is 2.23. The fraction of sp³-hybridized carbons (Fsp3) is 0.412. The first kappa shape index (κ1) is 14.8. The van der Waals surface area contributed by atoms with Crippen LogP contribution in [0.5, 0.6) is 0 Å². The zero-order valence-electron chi connectivity index (χ0n) is 12.6. The van der Waals surface area contributed by atoms with E-state index in [0.717, 1.165) is 30.7 Å². The van der Waals surface area contributed by atoms with Crippen molar-refractivity contribution in [1.82, 2.24) is 10.3 Å². The number of hydrogen-bond donors (Lipinski definition) is 1. The molecule has 0 bridgehead atoms. The predicted octanol–water partition coefficient (Wildman–Crippen LogP) is 2.77. The van der Waals surface area contributed by atoms with Crippen molar-refractivity contribution < 1.29 is 13.9 Å². The minimum Gasteiger partial charge on any atom is -0.443 e. The molecule has 2 atom stereocenters. The van der Waals surface area contributed by atoms with Gasteiger partial charge in [0.25, 0.3) is 0 Å². The first-order chi connectivity index (χ1) is 10.8. The molecule has 2 unspecified atom stereocenters. The molecule has 0 radical (unpaired) electrons. The number of aromatic nitrogens is 1. The van der Waals surface area contributed by atoms with Gasteiger partial charge in [0.05, 0.1) is 18.6 Å². The number of nitrogens with one attached hydrogen (secondary N) is 1. The molecular formula is C17H20N2O3.